The van der Waals surface area contributed by atoms with Crippen LogP contribution in [-0.4, -0.2) is 60.8 Å². The van der Waals surface area contributed by atoms with Crippen LogP contribution in [0.25, 0.3) is 11.3 Å². The first kappa shape index (κ1) is 27.4. The molecule has 2 N–H and O–H groups in total. The van der Waals surface area contributed by atoms with Gasteiger partial charge in [-0.2, -0.15) is 5.10 Å². The molecule has 1 fully saturated rings. The summed E-state index contributed by atoms with van der Waals surface area (Å²) >= 11 is 12.6. The molecule has 1 aromatic carbocycles. The topological polar surface area (TPSA) is 120 Å². The molecule has 2 aliphatic heterocycles. The van der Waals surface area contributed by atoms with Gasteiger partial charge in [0, 0.05) is 65.4 Å². The number of rotatable bonds is 8. The molecule has 0 spiro atoms. The van der Waals surface area contributed by atoms with Crippen LogP contribution in [0.5, 0.6) is 11.6 Å². The molecule has 0 unspecified atom stereocenters. The standard InChI is InChI=1S/C29H29Cl2N7O3/c30-22-10-20(11-23(31)12-22)26-7-19(16-37-4-1-18(2-5-37)9-28(39)40)8-27(35-26)41-24-14-32-29(33-15-24)38-6-3-25-21(17-38)13-34-36-25/h7-8,10-15,18H,1-6,9,16-17H2,(H,34,36)(H,39,40). The number of hydrogen-bond donors (Lipinski definition) is 2. The summed E-state index contributed by atoms with van der Waals surface area (Å²) in [6.45, 7) is 3.86. The van der Waals surface area contributed by atoms with Gasteiger partial charge in [-0.25, -0.2) is 15.0 Å². The van der Waals surface area contributed by atoms with E-state index < -0.39 is 5.97 Å². The molecule has 0 radical (unpaired) electrons. The van der Waals surface area contributed by atoms with Gasteiger partial charge in [-0.05, 0) is 61.7 Å². The zero-order chi connectivity index (χ0) is 28.3. The number of ether oxygens (including phenoxy) is 1. The van der Waals surface area contributed by atoms with Crippen molar-refractivity contribution in [3.63, 3.8) is 0 Å². The SMILES string of the molecule is O=C(O)CC1CCN(Cc2cc(Oc3cnc(N4CCc5[nH]ncc5C4)nc3)nc(-c3cc(Cl)cc(Cl)c3)c2)CC1. The van der Waals surface area contributed by atoms with E-state index in [-0.39, 0.29) is 12.3 Å². The number of aliphatic carboxylic acids is 1. The highest BCUT2D eigenvalue weighted by Gasteiger charge is 2.23. The summed E-state index contributed by atoms with van der Waals surface area (Å²) in [7, 11) is 0. The Bertz CT molecular complexity index is 1520. The normalized spacial score (nSPS) is 16.0. The van der Waals surface area contributed by atoms with Crippen molar-refractivity contribution in [2.24, 2.45) is 5.92 Å². The number of aromatic amines is 1. The Morgan fingerprint density at radius 1 is 1.02 bits per heavy atom. The Balaban J connectivity index is 1.21. The van der Waals surface area contributed by atoms with Crippen molar-refractivity contribution in [1.82, 2.24) is 30.0 Å². The molecule has 1 saturated heterocycles. The molecule has 12 heteroatoms. The van der Waals surface area contributed by atoms with Crippen LogP contribution in [0.3, 0.4) is 0 Å². The van der Waals surface area contributed by atoms with Gasteiger partial charge in [0.15, 0.2) is 5.75 Å². The second-order valence-corrected chi connectivity index (χ2v) is 11.4. The lowest BCUT2D eigenvalue weighted by atomic mass is 9.93. The van der Waals surface area contributed by atoms with Crippen LogP contribution in [0.4, 0.5) is 5.95 Å². The molecular weight excluding hydrogens is 565 g/mol. The summed E-state index contributed by atoms with van der Waals surface area (Å²) in [5.74, 6) is 1.00. The van der Waals surface area contributed by atoms with Gasteiger partial charge in [0.1, 0.15) is 0 Å². The van der Waals surface area contributed by atoms with Crippen molar-refractivity contribution in [3.05, 3.63) is 75.8 Å². The highest BCUT2D eigenvalue weighted by Crippen LogP contribution is 2.31. The van der Waals surface area contributed by atoms with Gasteiger partial charge in [0.2, 0.25) is 11.8 Å². The molecule has 5 heterocycles. The fourth-order valence-corrected chi connectivity index (χ4v) is 5.97. The Morgan fingerprint density at radius 3 is 2.51 bits per heavy atom. The molecule has 10 nitrogen and oxygen atoms in total. The molecular formula is C29H29Cl2N7O3. The molecule has 0 amide bonds. The summed E-state index contributed by atoms with van der Waals surface area (Å²) in [6.07, 6.45) is 7.97. The molecule has 2 aliphatic rings. The van der Waals surface area contributed by atoms with Gasteiger partial charge >= 0.3 is 5.97 Å². The van der Waals surface area contributed by atoms with E-state index in [9.17, 15) is 4.79 Å². The van der Waals surface area contributed by atoms with Crippen LogP contribution in [0.1, 0.15) is 36.1 Å². The highest BCUT2D eigenvalue weighted by molar-refractivity contribution is 6.35. The third-order valence-electron chi connectivity index (χ3n) is 7.52. The van der Waals surface area contributed by atoms with Gasteiger partial charge in [-0.1, -0.05) is 23.2 Å². The number of pyridine rings is 1. The highest BCUT2D eigenvalue weighted by atomic mass is 35.5. The maximum absolute atomic E-state index is 11.1. The van der Waals surface area contributed by atoms with Crippen molar-refractivity contribution >= 4 is 35.1 Å². The second kappa shape index (κ2) is 12.0. The van der Waals surface area contributed by atoms with E-state index in [1.54, 1.807) is 18.5 Å². The number of likely N-dealkylation sites (tertiary alicyclic amines) is 1. The quantitative estimate of drug-likeness (QED) is 0.268. The molecule has 3 aromatic heterocycles. The predicted molar refractivity (Wildman–Crippen MR) is 155 cm³/mol. The van der Waals surface area contributed by atoms with Gasteiger partial charge in [0.25, 0.3) is 0 Å². The first-order valence-corrected chi connectivity index (χ1v) is 14.3. The lowest BCUT2D eigenvalue weighted by Gasteiger charge is -2.31. The number of carbonyl (C=O) groups is 1. The van der Waals surface area contributed by atoms with Gasteiger partial charge in [-0.15, -0.1) is 0 Å². The van der Waals surface area contributed by atoms with E-state index in [2.05, 4.69) is 30.0 Å². The zero-order valence-electron chi connectivity index (χ0n) is 22.3. The number of halogens is 2. The van der Waals surface area contributed by atoms with Gasteiger partial charge in [-0.3, -0.25) is 14.8 Å². The average molecular weight is 595 g/mol. The zero-order valence-corrected chi connectivity index (χ0v) is 23.8. The number of carboxylic acids is 1. The predicted octanol–water partition coefficient (Wildman–Crippen LogP) is 5.61. The maximum atomic E-state index is 11.1. The van der Waals surface area contributed by atoms with Crippen LogP contribution in [-0.2, 0) is 24.3 Å². The van der Waals surface area contributed by atoms with Crippen LogP contribution >= 0.6 is 23.2 Å². The van der Waals surface area contributed by atoms with E-state index in [1.165, 1.54) is 0 Å². The largest absolute Gasteiger partial charge is 0.481 e. The summed E-state index contributed by atoms with van der Waals surface area (Å²) in [5.41, 5.74) is 4.79. The van der Waals surface area contributed by atoms with Crippen molar-refractivity contribution in [1.29, 1.82) is 0 Å². The second-order valence-electron chi connectivity index (χ2n) is 10.5. The van der Waals surface area contributed by atoms with Crippen molar-refractivity contribution in [3.8, 4) is 22.9 Å². The molecule has 0 saturated carbocycles. The van der Waals surface area contributed by atoms with Gasteiger partial charge in [0.05, 0.1) is 24.3 Å². The van der Waals surface area contributed by atoms with Crippen molar-refractivity contribution < 1.29 is 14.6 Å². The number of nitrogens with zero attached hydrogens (tertiary/aromatic N) is 6. The van der Waals surface area contributed by atoms with E-state index in [1.807, 2.05) is 30.5 Å². The van der Waals surface area contributed by atoms with Crippen LogP contribution in [0.2, 0.25) is 10.0 Å². The third kappa shape index (κ3) is 6.78. The number of benzene rings is 1. The Kier molecular flexibility index (Phi) is 8.04. The molecule has 0 atom stereocenters. The average Bonchev–Trinajstić information content (AvgIpc) is 3.42. The molecule has 0 bridgehead atoms. The molecule has 41 heavy (non-hydrogen) atoms. The van der Waals surface area contributed by atoms with Crippen LogP contribution < -0.4 is 9.64 Å². The number of anilines is 1. The molecule has 0 aliphatic carbocycles. The minimum Gasteiger partial charge on any atom is -0.481 e. The number of nitrogens with one attached hydrogen (secondary N) is 1. The van der Waals surface area contributed by atoms with Gasteiger partial charge < -0.3 is 14.7 Å². The lowest BCUT2D eigenvalue weighted by molar-refractivity contribution is -0.138. The Morgan fingerprint density at radius 2 is 1.78 bits per heavy atom. The minimum atomic E-state index is -0.732. The summed E-state index contributed by atoms with van der Waals surface area (Å²) < 4.78 is 6.16. The van der Waals surface area contributed by atoms with Crippen LogP contribution in [0, 0.1) is 5.92 Å². The maximum Gasteiger partial charge on any atom is 0.303 e. The summed E-state index contributed by atoms with van der Waals surface area (Å²) in [5, 5.41) is 17.4. The van der Waals surface area contributed by atoms with Crippen LogP contribution in [0.15, 0.2) is 48.9 Å². The van der Waals surface area contributed by atoms with E-state index in [0.29, 0.717) is 46.4 Å². The third-order valence-corrected chi connectivity index (χ3v) is 7.95. The Labute approximate surface area is 247 Å². The fraction of sp³-hybridized carbons (Fsp3) is 0.345. The number of aromatic nitrogens is 5. The smallest absolute Gasteiger partial charge is 0.303 e. The lowest BCUT2D eigenvalue weighted by Crippen LogP contribution is -2.33. The number of piperidine rings is 1. The number of hydrogen-bond acceptors (Lipinski definition) is 8. The van der Waals surface area contributed by atoms with E-state index in [4.69, 9.17) is 38.0 Å². The molecule has 212 valence electrons. The first-order chi connectivity index (χ1) is 19.9. The number of H-pyrrole nitrogens is 1. The molecule has 6 rings (SSSR count). The van der Waals surface area contributed by atoms with Crippen molar-refractivity contribution in [2.45, 2.75) is 38.8 Å². The van der Waals surface area contributed by atoms with Crippen molar-refractivity contribution in [2.75, 3.05) is 24.5 Å². The van der Waals surface area contributed by atoms with E-state index in [0.717, 1.165) is 61.3 Å². The summed E-state index contributed by atoms with van der Waals surface area (Å²) in [6, 6.07) is 9.26. The summed E-state index contributed by atoms with van der Waals surface area (Å²) in [4.78, 5) is 29.4. The number of carboxylic acid groups (broad SMARTS) is 1. The minimum absolute atomic E-state index is 0.221. The Hall–Kier alpha value is -3.73. The molecule has 4 aromatic rings. The first-order valence-electron chi connectivity index (χ1n) is 13.6. The fourth-order valence-electron chi connectivity index (χ4n) is 5.44. The monoisotopic (exact) mass is 593 g/mol. The van der Waals surface area contributed by atoms with E-state index >= 15 is 0 Å². The number of fused-ring (bicyclic) bond motifs is 1.